The zero-order valence-electron chi connectivity index (χ0n) is 27.3. The lowest BCUT2D eigenvalue weighted by molar-refractivity contribution is -0.472. The highest BCUT2D eigenvalue weighted by Gasteiger charge is 2.93. The molecule has 0 spiro atoms. The molecule has 26 heteroatoms. The van der Waals surface area contributed by atoms with Crippen molar-refractivity contribution in [2.24, 2.45) is 0 Å². The highest BCUT2D eigenvalue weighted by atomic mass is 19.4. The van der Waals surface area contributed by atoms with Crippen LogP contribution in [0.25, 0.3) is 0 Å². The molecule has 4 N–H and O–H groups in total. The molecule has 0 fully saturated rings. The number of carboxylic acid groups (broad SMARTS) is 2. The molecule has 11 nitrogen and oxygen atoms in total. The van der Waals surface area contributed by atoms with E-state index < -0.39 is 98.4 Å². The molecule has 3 atom stereocenters. The zero-order valence-corrected chi connectivity index (χ0v) is 27.3. The lowest BCUT2D eigenvalue weighted by Crippen LogP contribution is -2.72. The number of aliphatic hydroxyl groups is 1. The number of nitrogens with one attached hydrogen (secondary N) is 1. The molecule has 0 aromatic rings. The Morgan fingerprint density at radius 3 is 1.48 bits per heavy atom. The van der Waals surface area contributed by atoms with Crippen LogP contribution in [0.1, 0.15) is 39.5 Å². The summed E-state index contributed by atoms with van der Waals surface area (Å²) in [6.07, 6.45) is -15.9. The first-order valence-corrected chi connectivity index (χ1v) is 14.2. The van der Waals surface area contributed by atoms with Gasteiger partial charge >= 0.3 is 53.8 Å². The van der Waals surface area contributed by atoms with Gasteiger partial charge in [0, 0.05) is 19.4 Å². The fourth-order valence-electron chi connectivity index (χ4n) is 3.61. The van der Waals surface area contributed by atoms with Crippen molar-refractivity contribution in [3.05, 3.63) is 0 Å². The molecule has 308 valence electrons. The van der Waals surface area contributed by atoms with Gasteiger partial charge in [0.1, 0.15) is 23.7 Å². The van der Waals surface area contributed by atoms with E-state index in [1.54, 1.807) is 7.05 Å². The number of hydrogen-bond donors (Lipinski definition) is 4. The maximum absolute atomic E-state index is 13.6. The Kier molecular flexibility index (Phi) is 19.1. The smallest absolute Gasteiger partial charge is 0.460 e. The minimum absolute atomic E-state index is 0.0199. The van der Waals surface area contributed by atoms with Gasteiger partial charge in [0.25, 0.3) is 0 Å². The molecule has 0 aliphatic heterocycles. The minimum Gasteiger partial charge on any atom is -0.480 e. The summed E-state index contributed by atoms with van der Waals surface area (Å²) in [6, 6.07) is -1.90. The van der Waals surface area contributed by atoms with Crippen LogP contribution in [0.4, 0.5) is 65.9 Å². The summed E-state index contributed by atoms with van der Waals surface area (Å²) >= 11 is 0. The second kappa shape index (κ2) is 19.4. The van der Waals surface area contributed by atoms with Crippen LogP contribution >= 0.6 is 0 Å². The van der Waals surface area contributed by atoms with Crippen LogP contribution in [0.3, 0.4) is 0 Å². The lowest BCUT2D eigenvalue weighted by atomic mass is 9.93. The number of carbonyl (C=O) groups is 4. The van der Waals surface area contributed by atoms with Gasteiger partial charge in [-0.2, -0.15) is 65.9 Å². The molecule has 0 saturated carbocycles. The standard InChI is InChI=1S/C19H22F15NO6.C7H13NO3/c1-9(36)3-4-11(12(38)39)35(2)7-10(37)8-40-5-6-41-19(33,34)17(28,29)15(24,25)13(20,21)14(22,23)16(26,27)18(30,31)32;1-5(9)3-4-6(8-2)7(10)11/h10-11,37H,3-8H2,1-2H3,(H,38,39);6,8H,3-4H2,1-2H3,(H,10,11)/t10?,11-;6-/m11/s1. The van der Waals surface area contributed by atoms with Crippen molar-refractivity contribution >= 4 is 23.5 Å². The Balaban J connectivity index is 0. The average Bonchev–Trinajstić information content (AvgIpc) is 2.95. The molecular weight excluding hydrogens is 769 g/mol. The van der Waals surface area contributed by atoms with Crippen LogP contribution in [-0.4, -0.2) is 144 Å². The predicted molar refractivity (Wildman–Crippen MR) is 143 cm³/mol. The minimum atomic E-state index is -8.43. The van der Waals surface area contributed by atoms with E-state index in [0.29, 0.717) is 12.8 Å². The number of carboxylic acids is 2. The van der Waals surface area contributed by atoms with Crippen molar-refractivity contribution in [1.82, 2.24) is 10.2 Å². The Bertz CT molecular complexity index is 1190. The quantitative estimate of drug-likeness (QED) is 0.0851. The van der Waals surface area contributed by atoms with Crippen LogP contribution in [0, 0.1) is 0 Å². The van der Waals surface area contributed by atoms with Crippen molar-refractivity contribution in [1.29, 1.82) is 0 Å². The third kappa shape index (κ3) is 12.9. The normalized spacial score (nSPS) is 15.4. The summed E-state index contributed by atoms with van der Waals surface area (Å²) < 4.78 is 204. The molecule has 0 radical (unpaired) electrons. The second-order valence-electron chi connectivity index (χ2n) is 10.9. The number of alkyl halides is 15. The average molecular weight is 805 g/mol. The molecule has 52 heavy (non-hydrogen) atoms. The second-order valence-corrected chi connectivity index (χ2v) is 10.9. The third-order valence-electron chi connectivity index (χ3n) is 6.64. The number of aliphatic hydroxyl groups excluding tert-OH is 1. The molecule has 0 heterocycles. The molecule has 0 aromatic heterocycles. The van der Waals surface area contributed by atoms with Crippen LogP contribution in [0.5, 0.6) is 0 Å². The van der Waals surface area contributed by atoms with E-state index in [4.69, 9.17) is 10.2 Å². The van der Waals surface area contributed by atoms with Crippen molar-refractivity contribution in [3.8, 4) is 0 Å². The summed E-state index contributed by atoms with van der Waals surface area (Å²) in [5.74, 6) is -43.6. The van der Waals surface area contributed by atoms with Crippen LogP contribution in [-0.2, 0) is 28.7 Å². The first-order chi connectivity index (χ1) is 23.1. The summed E-state index contributed by atoms with van der Waals surface area (Å²) in [5.41, 5.74) is 0. The molecule has 0 aromatic carbocycles. The number of ketones is 2. The third-order valence-corrected chi connectivity index (χ3v) is 6.64. The monoisotopic (exact) mass is 804 g/mol. The van der Waals surface area contributed by atoms with E-state index in [0.717, 1.165) is 18.9 Å². The SMILES string of the molecule is CC(=O)CC[C@H](C(=O)O)N(C)CC(O)COCCOC(F)(F)C(F)(F)C(F)(F)C(F)(F)C(F)(F)C(F)(F)C(F)(F)F.CN[C@H](CCC(C)=O)C(=O)O. The summed E-state index contributed by atoms with van der Waals surface area (Å²) in [6.45, 7) is -2.11. The maximum Gasteiger partial charge on any atom is 0.460 e. The van der Waals surface area contributed by atoms with E-state index >= 15 is 0 Å². The number of rotatable bonds is 23. The summed E-state index contributed by atoms with van der Waals surface area (Å²) in [5, 5.41) is 30.0. The van der Waals surface area contributed by atoms with Gasteiger partial charge in [-0.1, -0.05) is 0 Å². The van der Waals surface area contributed by atoms with Gasteiger partial charge in [0.05, 0.1) is 25.9 Å². The Hall–Kier alpha value is -2.97. The highest BCUT2D eigenvalue weighted by molar-refractivity contribution is 5.78. The number of ether oxygens (including phenoxy) is 2. The highest BCUT2D eigenvalue weighted by Crippen LogP contribution is 2.62. The molecule has 0 saturated heterocycles. The van der Waals surface area contributed by atoms with Crippen LogP contribution < -0.4 is 5.32 Å². The molecule has 0 aliphatic rings. The van der Waals surface area contributed by atoms with Gasteiger partial charge in [-0.25, -0.2) is 0 Å². The Morgan fingerprint density at radius 1 is 0.673 bits per heavy atom. The number of carbonyl (C=O) groups excluding carboxylic acids is 2. The van der Waals surface area contributed by atoms with Crippen LogP contribution in [0.2, 0.25) is 0 Å². The summed E-state index contributed by atoms with van der Waals surface area (Å²) in [4.78, 5) is 44.1. The van der Waals surface area contributed by atoms with Crippen LogP contribution in [0.15, 0.2) is 0 Å². The largest absolute Gasteiger partial charge is 0.480 e. The lowest BCUT2D eigenvalue weighted by Gasteiger charge is -2.41. The van der Waals surface area contributed by atoms with Crippen molar-refractivity contribution in [2.45, 2.75) is 99.6 Å². The first-order valence-electron chi connectivity index (χ1n) is 14.2. The van der Waals surface area contributed by atoms with E-state index in [-0.39, 0.29) is 24.4 Å². The van der Waals surface area contributed by atoms with Crippen molar-refractivity contribution in [2.75, 3.05) is 40.5 Å². The summed E-state index contributed by atoms with van der Waals surface area (Å²) in [7, 11) is 2.73. The van der Waals surface area contributed by atoms with Gasteiger partial charge in [-0.05, 0) is 40.8 Å². The first kappa shape index (κ1) is 51.1. The number of likely N-dealkylation sites (N-methyl/N-ethyl adjacent to an activating group) is 2. The fraction of sp³-hybridized carbons (Fsp3) is 0.846. The van der Waals surface area contributed by atoms with E-state index in [9.17, 15) is 90.1 Å². The number of hydrogen-bond acceptors (Lipinski definition) is 9. The van der Waals surface area contributed by atoms with Gasteiger partial charge in [0.2, 0.25) is 0 Å². The molecular formula is C26H35F15N2O9. The van der Waals surface area contributed by atoms with E-state index in [1.807, 2.05) is 0 Å². The predicted octanol–water partition coefficient (Wildman–Crippen LogP) is 4.49. The number of Topliss-reactive ketones (excluding diaryl/α,β-unsaturated/α-hetero) is 2. The molecule has 0 amide bonds. The molecule has 0 bridgehead atoms. The van der Waals surface area contributed by atoms with Gasteiger partial charge in [-0.15, -0.1) is 0 Å². The van der Waals surface area contributed by atoms with E-state index in [2.05, 4.69) is 14.8 Å². The number of nitrogens with zero attached hydrogens (tertiary/aromatic N) is 1. The number of aliphatic carboxylic acids is 2. The zero-order chi connectivity index (χ0) is 41.9. The molecule has 0 aliphatic carbocycles. The van der Waals surface area contributed by atoms with Crippen molar-refractivity contribution in [3.63, 3.8) is 0 Å². The topological polar surface area (TPSA) is 163 Å². The Morgan fingerprint density at radius 2 is 1.10 bits per heavy atom. The van der Waals surface area contributed by atoms with Gasteiger partial charge in [0.15, 0.2) is 0 Å². The number of halogens is 15. The molecule has 1 unspecified atom stereocenters. The van der Waals surface area contributed by atoms with Crippen molar-refractivity contribution < 1.29 is 110 Å². The Labute approximate surface area is 284 Å². The maximum atomic E-state index is 13.6. The van der Waals surface area contributed by atoms with Gasteiger partial charge < -0.3 is 39.7 Å². The van der Waals surface area contributed by atoms with E-state index in [1.165, 1.54) is 6.92 Å². The van der Waals surface area contributed by atoms with Gasteiger partial charge in [-0.3, -0.25) is 14.5 Å². The fourth-order valence-corrected chi connectivity index (χ4v) is 3.61. The molecule has 0 rings (SSSR count).